The van der Waals surface area contributed by atoms with Gasteiger partial charge in [-0.1, -0.05) is 18.2 Å². The molecule has 1 unspecified atom stereocenters. The fourth-order valence-electron chi connectivity index (χ4n) is 3.07. The quantitative estimate of drug-likeness (QED) is 0.360. The van der Waals surface area contributed by atoms with Crippen molar-refractivity contribution in [3.05, 3.63) is 53.9 Å². The van der Waals surface area contributed by atoms with Crippen molar-refractivity contribution in [1.29, 1.82) is 0 Å². The summed E-state index contributed by atoms with van der Waals surface area (Å²) >= 11 is 0. The maximum atomic E-state index is 11.9. The lowest BCUT2D eigenvalue weighted by atomic mass is 9.90. The summed E-state index contributed by atoms with van der Waals surface area (Å²) in [6.07, 6.45) is 4.57. The van der Waals surface area contributed by atoms with Gasteiger partial charge in [-0.3, -0.25) is 4.79 Å². The number of hydrogen-bond acceptors (Lipinski definition) is 2. The number of aromatic nitrogens is 1. The molecule has 1 aromatic carbocycles. The highest BCUT2D eigenvalue weighted by atomic mass is 127. The average Bonchev–Trinajstić information content (AvgIpc) is 3.02. The summed E-state index contributed by atoms with van der Waals surface area (Å²) in [6, 6.07) is 10.1. The molecular weight excluding hydrogens is 441 g/mol. The number of nitrogens with one attached hydrogen (secondary N) is 3. The summed E-state index contributed by atoms with van der Waals surface area (Å²) in [4.78, 5) is 16.6. The summed E-state index contributed by atoms with van der Waals surface area (Å²) in [6.45, 7) is 4.13. The fraction of sp³-hybridized carbons (Fsp3) is 0.368. The Morgan fingerprint density at radius 1 is 1.31 bits per heavy atom. The van der Waals surface area contributed by atoms with Gasteiger partial charge in [0.1, 0.15) is 0 Å². The number of aryl methyl sites for hydroxylation is 1. The Bertz CT molecular complexity index is 771. The third-order valence-corrected chi connectivity index (χ3v) is 4.28. The Morgan fingerprint density at radius 3 is 2.85 bits per heavy atom. The number of nitrogens with zero attached hydrogens (tertiary/aromatic N) is 2. The first-order chi connectivity index (χ1) is 12.2. The monoisotopic (exact) mass is 467 g/mol. The molecule has 1 atom stereocenters. The van der Waals surface area contributed by atoms with E-state index in [0.29, 0.717) is 19.5 Å². The van der Waals surface area contributed by atoms with E-state index in [1.807, 2.05) is 42.9 Å². The smallest absolute Gasteiger partial charge is 0.225 e. The normalized spacial score (nSPS) is 16.3. The number of para-hydroxylation sites is 1. The maximum Gasteiger partial charge on any atom is 0.225 e. The van der Waals surface area contributed by atoms with Crippen LogP contribution >= 0.6 is 24.0 Å². The van der Waals surface area contributed by atoms with Crippen LogP contribution in [0.4, 0.5) is 5.69 Å². The van der Waals surface area contributed by atoms with Crippen molar-refractivity contribution in [3.63, 3.8) is 0 Å². The number of hydrogen-bond donors (Lipinski definition) is 3. The highest BCUT2D eigenvalue weighted by Gasteiger charge is 2.24. The molecule has 0 saturated heterocycles. The van der Waals surface area contributed by atoms with Gasteiger partial charge in [-0.2, -0.15) is 0 Å². The van der Waals surface area contributed by atoms with Crippen LogP contribution in [0.25, 0.3) is 0 Å². The molecule has 0 spiro atoms. The minimum atomic E-state index is 0. The predicted molar refractivity (Wildman–Crippen MR) is 116 cm³/mol. The van der Waals surface area contributed by atoms with Crippen LogP contribution in [0.15, 0.2) is 47.7 Å². The number of carbonyl (C=O) groups excluding carboxylic acids is 1. The SMILES string of the molecule is CCNC(=NCc1ccn(C)c1)NCC1CC(=O)Nc2ccccc21.I. The minimum Gasteiger partial charge on any atom is -0.357 e. The van der Waals surface area contributed by atoms with Gasteiger partial charge in [-0.25, -0.2) is 4.99 Å². The first kappa shape index (κ1) is 20.3. The molecule has 26 heavy (non-hydrogen) atoms. The van der Waals surface area contributed by atoms with Crippen molar-refractivity contribution in [2.75, 3.05) is 18.4 Å². The van der Waals surface area contributed by atoms with Crippen LogP contribution in [0.2, 0.25) is 0 Å². The maximum absolute atomic E-state index is 11.9. The van der Waals surface area contributed by atoms with Crippen LogP contribution < -0.4 is 16.0 Å². The lowest BCUT2D eigenvalue weighted by Crippen LogP contribution is -2.40. The lowest BCUT2D eigenvalue weighted by Gasteiger charge is -2.26. The molecule has 0 aliphatic carbocycles. The Morgan fingerprint density at radius 2 is 2.12 bits per heavy atom. The van der Waals surface area contributed by atoms with E-state index in [4.69, 9.17) is 0 Å². The Balaban J connectivity index is 0.00000243. The summed E-state index contributed by atoms with van der Waals surface area (Å²) < 4.78 is 2.02. The molecule has 3 rings (SSSR count). The molecule has 2 aromatic rings. The van der Waals surface area contributed by atoms with Gasteiger partial charge >= 0.3 is 0 Å². The van der Waals surface area contributed by atoms with E-state index in [0.717, 1.165) is 18.2 Å². The molecule has 0 bridgehead atoms. The van der Waals surface area contributed by atoms with E-state index in [1.54, 1.807) is 0 Å². The topological polar surface area (TPSA) is 70.5 Å². The number of rotatable bonds is 5. The van der Waals surface area contributed by atoms with E-state index in [1.165, 1.54) is 11.1 Å². The van der Waals surface area contributed by atoms with Gasteiger partial charge in [0.25, 0.3) is 0 Å². The van der Waals surface area contributed by atoms with Crippen LogP contribution in [0.1, 0.15) is 30.4 Å². The molecule has 140 valence electrons. The van der Waals surface area contributed by atoms with Gasteiger partial charge in [0.15, 0.2) is 5.96 Å². The second-order valence-corrected chi connectivity index (χ2v) is 6.30. The molecule has 1 aliphatic rings. The lowest BCUT2D eigenvalue weighted by molar-refractivity contribution is -0.116. The molecular formula is C19H26IN5O. The van der Waals surface area contributed by atoms with Crippen LogP contribution in [0.3, 0.4) is 0 Å². The second-order valence-electron chi connectivity index (χ2n) is 6.30. The van der Waals surface area contributed by atoms with Crippen molar-refractivity contribution in [2.24, 2.45) is 12.0 Å². The van der Waals surface area contributed by atoms with E-state index in [9.17, 15) is 4.79 Å². The highest BCUT2D eigenvalue weighted by Crippen LogP contribution is 2.31. The molecule has 3 N–H and O–H groups in total. The Hall–Kier alpha value is -2.03. The molecule has 7 heteroatoms. The summed E-state index contributed by atoms with van der Waals surface area (Å²) in [5.74, 6) is 0.983. The molecule has 0 fully saturated rings. The first-order valence-electron chi connectivity index (χ1n) is 8.67. The first-order valence-corrected chi connectivity index (χ1v) is 8.67. The predicted octanol–water partition coefficient (Wildman–Crippen LogP) is 2.82. The number of halogens is 1. The van der Waals surface area contributed by atoms with Crippen LogP contribution in [0.5, 0.6) is 0 Å². The van der Waals surface area contributed by atoms with Crippen LogP contribution in [0, 0.1) is 0 Å². The highest BCUT2D eigenvalue weighted by molar-refractivity contribution is 14.0. The second kappa shape index (κ2) is 9.61. The van der Waals surface area contributed by atoms with Crippen molar-refractivity contribution < 1.29 is 4.79 Å². The van der Waals surface area contributed by atoms with Crippen molar-refractivity contribution in [1.82, 2.24) is 15.2 Å². The molecule has 1 aromatic heterocycles. The minimum absolute atomic E-state index is 0. The summed E-state index contributed by atoms with van der Waals surface area (Å²) in [5.41, 5.74) is 3.26. The van der Waals surface area contributed by atoms with Gasteiger partial charge in [0.05, 0.1) is 6.54 Å². The van der Waals surface area contributed by atoms with E-state index < -0.39 is 0 Å². The van der Waals surface area contributed by atoms with Gasteiger partial charge < -0.3 is 20.5 Å². The Kier molecular flexibility index (Phi) is 7.50. The van der Waals surface area contributed by atoms with Crippen LogP contribution in [-0.4, -0.2) is 29.5 Å². The van der Waals surface area contributed by atoms with Crippen molar-refractivity contribution in [3.8, 4) is 0 Å². The fourth-order valence-corrected chi connectivity index (χ4v) is 3.07. The number of fused-ring (bicyclic) bond motifs is 1. The summed E-state index contributed by atoms with van der Waals surface area (Å²) in [7, 11) is 2.00. The standard InChI is InChI=1S/C19H25N5O.HI/c1-3-20-19(21-11-14-8-9-24(2)13-14)22-12-15-10-18(25)23-17-7-5-4-6-16(15)17;/h4-9,13,15H,3,10-12H2,1-2H3,(H,23,25)(H2,20,21,22);1H. The summed E-state index contributed by atoms with van der Waals surface area (Å²) in [5, 5.41) is 9.58. The number of carbonyl (C=O) groups is 1. The zero-order valence-corrected chi connectivity index (χ0v) is 17.5. The molecule has 2 heterocycles. The Labute approximate surface area is 171 Å². The molecule has 0 radical (unpaired) electrons. The number of benzene rings is 1. The van der Waals surface area contributed by atoms with Gasteiger partial charge in [0, 0.05) is 50.6 Å². The van der Waals surface area contributed by atoms with E-state index >= 15 is 0 Å². The number of guanidine groups is 1. The molecule has 6 nitrogen and oxygen atoms in total. The third-order valence-electron chi connectivity index (χ3n) is 4.28. The van der Waals surface area contributed by atoms with Gasteiger partial charge in [0.2, 0.25) is 5.91 Å². The zero-order chi connectivity index (χ0) is 17.6. The average molecular weight is 467 g/mol. The van der Waals surface area contributed by atoms with Gasteiger partial charge in [-0.05, 0) is 30.2 Å². The van der Waals surface area contributed by atoms with Crippen LogP contribution in [-0.2, 0) is 18.4 Å². The molecule has 1 amide bonds. The largest absolute Gasteiger partial charge is 0.357 e. The number of aliphatic imine (C=N–C) groups is 1. The van der Waals surface area contributed by atoms with Crippen molar-refractivity contribution in [2.45, 2.75) is 25.8 Å². The van der Waals surface area contributed by atoms with E-state index in [2.05, 4.69) is 39.3 Å². The number of anilines is 1. The zero-order valence-electron chi connectivity index (χ0n) is 15.2. The van der Waals surface area contributed by atoms with E-state index in [-0.39, 0.29) is 35.8 Å². The van der Waals surface area contributed by atoms with Gasteiger partial charge in [-0.15, -0.1) is 24.0 Å². The number of amides is 1. The molecule has 0 saturated carbocycles. The van der Waals surface area contributed by atoms with Crippen molar-refractivity contribution >= 4 is 41.5 Å². The third kappa shape index (κ3) is 5.23. The molecule has 1 aliphatic heterocycles.